The highest BCUT2D eigenvalue weighted by atomic mass is 16.6. The van der Waals surface area contributed by atoms with E-state index in [9.17, 15) is 19.7 Å². The van der Waals surface area contributed by atoms with E-state index < -0.39 is 10.8 Å². The summed E-state index contributed by atoms with van der Waals surface area (Å²) in [7, 11) is 0. The second kappa shape index (κ2) is 9.09. The smallest absolute Gasteiger partial charge is 0.270 e. The van der Waals surface area contributed by atoms with Crippen molar-refractivity contribution in [3.8, 4) is 0 Å². The van der Waals surface area contributed by atoms with Gasteiger partial charge < -0.3 is 10.6 Å². The summed E-state index contributed by atoms with van der Waals surface area (Å²) in [5.41, 5.74) is 2.07. The van der Waals surface area contributed by atoms with Gasteiger partial charge >= 0.3 is 0 Å². The molecule has 0 aromatic heterocycles. The lowest BCUT2D eigenvalue weighted by Gasteiger charge is -2.08. The average molecular weight is 387 g/mol. The molecule has 0 radical (unpaired) electrons. The largest absolute Gasteiger partial charge is 0.322 e. The number of non-ortho nitro benzene ring substituents is 1. The molecule has 3 rings (SSSR count). The third kappa shape index (κ3) is 5.61. The molecular weight excluding hydrogens is 370 g/mol. The minimum atomic E-state index is -0.493. The number of carbonyl (C=O) groups is 2. The maximum Gasteiger partial charge on any atom is 0.270 e. The van der Waals surface area contributed by atoms with Crippen LogP contribution in [0.15, 0.2) is 84.9 Å². The Bertz CT molecular complexity index is 1080. The summed E-state index contributed by atoms with van der Waals surface area (Å²) < 4.78 is 0. The molecule has 7 heteroatoms. The van der Waals surface area contributed by atoms with Gasteiger partial charge in [-0.2, -0.15) is 0 Å². The van der Waals surface area contributed by atoms with Crippen LogP contribution in [0.4, 0.5) is 17.1 Å². The first-order valence-electron chi connectivity index (χ1n) is 8.71. The third-order valence-electron chi connectivity index (χ3n) is 3.93. The molecule has 0 atom stereocenters. The minimum Gasteiger partial charge on any atom is -0.322 e. The summed E-state index contributed by atoms with van der Waals surface area (Å²) in [5.74, 6) is -0.650. The van der Waals surface area contributed by atoms with Crippen molar-refractivity contribution in [3.63, 3.8) is 0 Å². The lowest BCUT2D eigenvalue weighted by atomic mass is 10.2. The van der Waals surface area contributed by atoms with Crippen LogP contribution in [0.1, 0.15) is 15.9 Å². The molecule has 0 aliphatic carbocycles. The maximum atomic E-state index is 12.2. The molecule has 0 fully saturated rings. The number of rotatable bonds is 6. The van der Waals surface area contributed by atoms with Gasteiger partial charge in [-0.3, -0.25) is 19.7 Å². The molecule has 2 N–H and O–H groups in total. The van der Waals surface area contributed by atoms with Crippen molar-refractivity contribution >= 4 is 35.0 Å². The van der Waals surface area contributed by atoms with Gasteiger partial charge in [-0.25, -0.2) is 0 Å². The van der Waals surface area contributed by atoms with Gasteiger partial charge in [0.25, 0.3) is 11.6 Å². The zero-order chi connectivity index (χ0) is 20.6. The van der Waals surface area contributed by atoms with Crippen LogP contribution >= 0.6 is 0 Å². The first kappa shape index (κ1) is 19.5. The Kier molecular flexibility index (Phi) is 6.12. The van der Waals surface area contributed by atoms with Gasteiger partial charge in [-0.05, 0) is 42.0 Å². The molecule has 7 nitrogen and oxygen atoms in total. The zero-order valence-corrected chi connectivity index (χ0v) is 15.2. The SMILES string of the molecule is O=C(/C=C/c1cccc([N+](=O)[O-])c1)Nc1cccc(NC(=O)c2ccccc2)c1. The fourth-order valence-electron chi connectivity index (χ4n) is 2.57. The summed E-state index contributed by atoms with van der Waals surface area (Å²) in [6.07, 6.45) is 2.78. The van der Waals surface area contributed by atoms with Gasteiger partial charge in [0, 0.05) is 35.1 Å². The molecule has 0 saturated carbocycles. The van der Waals surface area contributed by atoms with Crippen LogP contribution in [0.5, 0.6) is 0 Å². The van der Waals surface area contributed by atoms with Crippen molar-refractivity contribution in [3.05, 3.63) is 106 Å². The fraction of sp³-hybridized carbons (Fsp3) is 0. The molecule has 0 spiro atoms. The van der Waals surface area contributed by atoms with Crippen LogP contribution in [0.3, 0.4) is 0 Å². The van der Waals surface area contributed by atoms with Gasteiger partial charge in [0.2, 0.25) is 5.91 Å². The average Bonchev–Trinajstić information content (AvgIpc) is 2.73. The molecule has 0 unspecified atom stereocenters. The van der Waals surface area contributed by atoms with E-state index in [0.717, 1.165) is 0 Å². The Balaban J connectivity index is 1.64. The van der Waals surface area contributed by atoms with Crippen LogP contribution < -0.4 is 10.6 Å². The van der Waals surface area contributed by atoms with Crippen molar-refractivity contribution in [1.82, 2.24) is 0 Å². The fourth-order valence-corrected chi connectivity index (χ4v) is 2.57. The van der Waals surface area contributed by atoms with Crippen molar-refractivity contribution in [2.45, 2.75) is 0 Å². The number of nitro benzene ring substituents is 1. The summed E-state index contributed by atoms with van der Waals surface area (Å²) in [6, 6.07) is 21.5. The standard InChI is InChI=1S/C22H17N3O4/c26-21(13-12-16-6-4-11-20(14-16)25(28)29)23-18-9-5-10-19(15-18)24-22(27)17-7-2-1-3-8-17/h1-15H,(H,23,26)(H,24,27)/b13-12+. The molecule has 2 amide bonds. The van der Waals surface area contributed by atoms with Gasteiger partial charge in [-0.15, -0.1) is 0 Å². The van der Waals surface area contributed by atoms with E-state index in [-0.39, 0.29) is 11.6 Å². The minimum absolute atomic E-state index is 0.0468. The molecule has 29 heavy (non-hydrogen) atoms. The lowest BCUT2D eigenvalue weighted by molar-refractivity contribution is -0.384. The van der Waals surface area contributed by atoms with Crippen LogP contribution in [0.2, 0.25) is 0 Å². The second-order valence-electron chi connectivity index (χ2n) is 6.08. The summed E-state index contributed by atoms with van der Waals surface area (Å²) >= 11 is 0. The Labute approximate surface area is 166 Å². The van der Waals surface area contributed by atoms with Crippen LogP contribution in [-0.2, 0) is 4.79 Å². The molecule has 144 valence electrons. The number of amides is 2. The molecule has 0 aliphatic rings. The molecular formula is C22H17N3O4. The molecule has 3 aromatic rings. The first-order chi connectivity index (χ1) is 14.0. The highest BCUT2D eigenvalue weighted by Gasteiger charge is 2.07. The Morgan fingerprint density at radius 2 is 1.52 bits per heavy atom. The normalized spacial score (nSPS) is 10.5. The van der Waals surface area contributed by atoms with Crippen molar-refractivity contribution in [1.29, 1.82) is 0 Å². The van der Waals surface area contributed by atoms with Gasteiger partial charge in [-0.1, -0.05) is 36.4 Å². The number of benzene rings is 3. The van der Waals surface area contributed by atoms with Gasteiger partial charge in [0.15, 0.2) is 0 Å². The number of carbonyl (C=O) groups excluding carboxylic acids is 2. The van der Waals surface area contributed by atoms with Crippen molar-refractivity contribution in [2.24, 2.45) is 0 Å². The van der Waals surface area contributed by atoms with Crippen molar-refractivity contribution < 1.29 is 14.5 Å². The summed E-state index contributed by atoms with van der Waals surface area (Å²) in [5, 5.41) is 16.3. The molecule has 0 bridgehead atoms. The Morgan fingerprint density at radius 3 is 2.24 bits per heavy atom. The number of nitrogens with one attached hydrogen (secondary N) is 2. The quantitative estimate of drug-likeness (QED) is 0.369. The second-order valence-corrected chi connectivity index (χ2v) is 6.08. The van der Waals surface area contributed by atoms with E-state index in [2.05, 4.69) is 10.6 Å². The number of anilines is 2. The van der Waals surface area contributed by atoms with E-state index in [0.29, 0.717) is 22.5 Å². The van der Waals surface area contributed by atoms with Crippen LogP contribution in [0, 0.1) is 10.1 Å². The van der Waals surface area contributed by atoms with Crippen molar-refractivity contribution in [2.75, 3.05) is 10.6 Å². The molecule has 0 aliphatic heterocycles. The van der Waals surface area contributed by atoms with Gasteiger partial charge in [0.05, 0.1) is 4.92 Å². The van der Waals surface area contributed by atoms with E-state index in [1.807, 2.05) is 6.07 Å². The van der Waals surface area contributed by atoms with Crippen LogP contribution in [-0.4, -0.2) is 16.7 Å². The highest BCUT2D eigenvalue weighted by molar-refractivity contribution is 6.05. The van der Waals surface area contributed by atoms with E-state index in [4.69, 9.17) is 0 Å². The maximum absolute atomic E-state index is 12.2. The predicted molar refractivity (Wildman–Crippen MR) is 112 cm³/mol. The first-order valence-corrected chi connectivity index (χ1v) is 8.71. The number of nitrogens with zero attached hydrogens (tertiary/aromatic N) is 1. The Morgan fingerprint density at radius 1 is 0.828 bits per heavy atom. The topological polar surface area (TPSA) is 101 Å². The number of nitro groups is 1. The van der Waals surface area contributed by atoms with Crippen LogP contribution in [0.25, 0.3) is 6.08 Å². The summed E-state index contributed by atoms with van der Waals surface area (Å²) in [4.78, 5) is 34.7. The third-order valence-corrected chi connectivity index (χ3v) is 3.93. The zero-order valence-electron chi connectivity index (χ0n) is 15.2. The summed E-state index contributed by atoms with van der Waals surface area (Å²) in [6.45, 7) is 0. The van der Waals surface area contributed by atoms with E-state index >= 15 is 0 Å². The highest BCUT2D eigenvalue weighted by Crippen LogP contribution is 2.17. The number of hydrogen-bond donors (Lipinski definition) is 2. The Hall–Kier alpha value is -4.26. The monoisotopic (exact) mass is 387 g/mol. The number of hydrogen-bond acceptors (Lipinski definition) is 4. The predicted octanol–water partition coefficient (Wildman–Crippen LogP) is 4.50. The molecule has 0 saturated heterocycles. The van der Waals surface area contributed by atoms with E-state index in [1.165, 1.54) is 24.3 Å². The lowest BCUT2D eigenvalue weighted by Crippen LogP contribution is -2.12. The molecule has 0 heterocycles. The molecule has 3 aromatic carbocycles. The van der Waals surface area contributed by atoms with Gasteiger partial charge in [0.1, 0.15) is 0 Å². The van der Waals surface area contributed by atoms with E-state index in [1.54, 1.807) is 60.7 Å².